The number of rotatable bonds is 8. The first-order valence-electron chi connectivity index (χ1n) is 6.82. The summed E-state index contributed by atoms with van der Waals surface area (Å²) in [5.41, 5.74) is 0. The molecular weight excluding hydrogens is 310 g/mol. The molecule has 21 heavy (non-hydrogen) atoms. The topological polar surface area (TPSA) is 72.0 Å². The van der Waals surface area contributed by atoms with Crippen molar-refractivity contribution in [2.45, 2.75) is 26.8 Å². The predicted octanol–water partition coefficient (Wildman–Crippen LogP) is 3.42. The fourth-order valence-electron chi connectivity index (χ4n) is 1.54. The van der Waals surface area contributed by atoms with Crippen LogP contribution in [0.15, 0.2) is 12.1 Å². The molecule has 114 valence electrons. The average molecular weight is 328 g/mol. The molecule has 0 aliphatic rings. The molecule has 0 fully saturated rings. The molecule has 0 aromatic carbocycles. The molecule has 2 aromatic rings. The van der Waals surface area contributed by atoms with Crippen LogP contribution in [0.5, 0.6) is 6.01 Å². The minimum atomic E-state index is 0.328. The lowest BCUT2D eigenvalue weighted by Gasteiger charge is -2.09. The molecule has 0 amide bonds. The number of aromatic nitrogens is 3. The summed E-state index contributed by atoms with van der Waals surface area (Å²) in [4.78, 5) is 13.9. The maximum atomic E-state index is 5.91. The highest BCUT2D eigenvalue weighted by Crippen LogP contribution is 2.22. The van der Waals surface area contributed by atoms with E-state index >= 15 is 0 Å². The summed E-state index contributed by atoms with van der Waals surface area (Å²) in [6, 6.07) is 4.17. The Bertz CT molecular complexity index is 577. The molecule has 0 unspecified atom stereocenters. The van der Waals surface area contributed by atoms with Crippen LogP contribution in [0.2, 0.25) is 4.34 Å². The van der Waals surface area contributed by atoms with Gasteiger partial charge in [-0.1, -0.05) is 18.5 Å². The lowest BCUT2D eigenvalue weighted by molar-refractivity contribution is 0.292. The minimum absolute atomic E-state index is 0.328. The van der Waals surface area contributed by atoms with E-state index in [0.29, 0.717) is 31.1 Å². The summed E-state index contributed by atoms with van der Waals surface area (Å²) in [5, 5.41) is 6.23. The zero-order valence-corrected chi connectivity index (χ0v) is 13.6. The van der Waals surface area contributed by atoms with E-state index in [2.05, 4.69) is 25.6 Å². The van der Waals surface area contributed by atoms with Gasteiger partial charge in [0, 0.05) is 11.4 Å². The zero-order valence-electron chi connectivity index (χ0n) is 12.0. The standard InChI is InChI=1S/C13H18ClN5OS/c1-3-7-20-13-18-11(15-4-2)17-12(19-13)16-8-9-5-6-10(14)21-9/h5-6H,3-4,7-8H2,1-2H3,(H2,15,16,17,18,19). The van der Waals surface area contributed by atoms with E-state index in [-0.39, 0.29) is 0 Å². The van der Waals surface area contributed by atoms with Gasteiger partial charge >= 0.3 is 6.01 Å². The van der Waals surface area contributed by atoms with Crippen molar-refractivity contribution >= 4 is 34.8 Å². The number of hydrogen-bond donors (Lipinski definition) is 2. The fourth-order valence-corrected chi connectivity index (χ4v) is 2.57. The SMILES string of the molecule is CCCOc1nc(NCC)nc(NCc2ccc(Cl)s2)n1. The summed E-state index contributed by atoms with van der Waals surface area (Å²) in [6.07, 6.45) is 0.901. The normalized spacial score (nSPS) is 10.4. The van der Waals surface area contributed by atoms with Gasteiger partial charge in [-0.05, 0) is 25.5 Å². The van der Waals surface area contributed by atoms with Crippen molar-refractivity contribution < 1.29 is 4.74 Å². The van der Waals surface area contributed by atoms with Gasteiger partial charge in [0.2, 0.25) is 11.9 Å². The monoisotopic (exact) mass is 327 g/mol. The van der Waals surface area contributed by atoms with Crippen molar-refractivity contribution in [1.29, 1.82) is 0 Å². The highest BCUT2D eigenvalue weighted by molar-refractivity contribution is 7.16. The second kappa shape index (κ2) is 7.99. The van der Waals surface area contributed by atoms with Gasteiger partial charge in [-0.25, -0.2) is 0 Å². The molecular formula is C13H18ClN5OS. The van der Waals surface area contributed by atoms with Crippen LogP contribution in [0, 0.1) is 0 Å². The van der Waals surface area contributed by atoms with Gasteiger partial charge in [0.15, 0.2) is 0 Å². The van der Waals surface area contributed by atoms with E-state index in [1.165, 1.54) is 11.3 Å². The lowest BCUT2D eigenvalue weighted by atomic mass is 10.5. The summed E-state index contributed by atoms with van der Waals surface area (Å²) in [6.45, 7) is 5.94. The lowest BCUT2D eigenvalue weighted by Crippen LogP contribution is -2.10. The molecule has 0 aliphatic heterocycles. The number of halogens is 1. The third-order valence-corrected chi connectivity index (χ3v) is 3.67. The molecule has 2 aromatic heterocycles. The van der Waals surface area contributed by atoms with Crippen molar-refractivity contribution in [3.05, 3.63) is 21.3 Å². The van der Waals surface area contributed by atoms with Crippen LogP contribution in [-0.4, -0.2) is 28.1 Å². The molecule has 0 radical (unpaired) electrons. The molecule has 0 saturated heterocycles. The van der Waals surface area contributed by atoms with Crippen LogP contribution < -0.4 is 15.4 Å². The predicted molar refractivity (Wildman–Crippen MR) is 86.4 cm³/mol. The molecule has 0 aliphatic carbocycles. The Balaban J connectivity index is 2.07. The number of anilines is 2. The molecule has 0 bridgehead atoms. The summed E-state index contributed by atoms with van der Waals surface area (Å²) < 4.78 is 6.24. The first-order valence-corrected chi connectivity index (χ1v) is 8.01. The van der Waals surface area contributed by atoms with Crippen LogP contribution in [-0.2, 0) is 6.54 Å². The Morgan fingerprint density at radius 1 is 1.14 bits per heavy atom. The van der Waals surface area contributed by atoms with E-state index in [9.17, 15) is 0 Å². The minimum Gasteiger partial charge on any atom is -0.463 e. The van der Waals surface area contributed by atoms with Gasteiger partial charge in [0.05, 0.1) is 17.5 Å². The largest absolute Gasteiger partial charge is 0.463 e. The Labute approximate surface area is 132 Å². The van der Waals surface area contributed by atoms with Crippen LogP contribution in [0.3, 0.4) is 0 Å². The van der Waals surface area contributed by atoms with Gasteiger partial charge in [-0.2, -0.15) is 15.0 Å². The number of nitrogens with zero attached hydrogens (tertiary/aromatic N) is 3. The first kappa shape index (κ1) is 15.8. The molecule has 6 nitrogen and oxygen atoms in total. The molecule has 2 rings (SSSR count). The van der Waals surface area contributed by atoms with Crippen LogP contribution in [0.1, 0.15) is 25.1 Å². The highest BCUT2D eigenvalue weighted by atomic mass is 35.5. The fraction of sp³-hybridized carbons (Fsp3) is 0.462. The summed E-state index contributed by atoms with van der Waals surface area (Å²) in [7, 11) is 0. The maximum absolute atomic E-state index is 5.91. The number of thiophene rings is 1. The van der Waals surface area contributed by atoms with Crippen molar-refractivity contribution in [1.82, 2.24) is 15.0 Å². The van der Waals surface area contributed by atoms with Crippen LogP contribution in [0.4, 0.5) is 11.9 Å². The third-order valence-electron chi connectivity index (χ3n) is 2.43. The number of hydrogen-bond acceptors (Lipinski definition) is 7. The summed E-state index contributed by atoms with van der Waals surface area (Å²) in [5.74, 6) is 0.988. The average Bonchev–Trinajstić information content (AvgIpc) is 2.89. The smallest absolute Gasteiger partial charge is 0.323 e. The Kier molecular flexibility index (Phi) is 6.01. The van der Waals surface area contributed by atoms with E-state index in [1.807, 2.05) is 26.0 Å². The van der Waals surface area contributed by atoms with Gasteiger partial charge in [-0.3, -0.25) is 0 Å². The van der Waals surface area contributed by atoms with Crippen LogP contribution >= 0.6 is 22.9 Å². The van der Waals surface area contributed by atoms with E-state index in [4.69, 9.17) is 16.3 Å². The molecule has 2 N–H and O–H groups in total. The zero-order chi connectivity index (χ0) is 15.1. The van der Waals surface area contributed by atoms with E-state index in [0.717, 1.165) is 22.2 Å². The number of nitrogens with one attached hydrogen (secondary N) is 2. The Morgan fingerprint density at radius 3 is 2.52 bits per heavy atom. The van der Waals surface area contributed by atoms with Crippen molar-refractivity contribution in [2.24, 2.45) is 0 Å². The Hall–Kier alpha value is -1.60. The molecule has 0 saturated carbocycles. The second-order valence-corrected chi connectivity index (χ2v) is 6.00. The van der Waals surface area contributed by atoms with Gasteiger partial charge in [-0.15, -0.1) is 11.3 Å². The van der Waals surface area contributed by atoms with E-state index < -0.39 is 0 Å². The third kappa shape index (κ3) is 5.02. The molecule has 8 heteroatoms. The second-order valence-electron chi connectivity index (χ2n) is 4.20. The Morgan fingerprint density at radius 2 is 1.90 bits per heavy atom. The van der Waals surface area contributed by atoms with Crippen molar-refractivity contribution in [3.8, 4) is 6.01 Å². The van der Waals surface area contributed by atoms with Gasteiger partial charge in [0.1, 0.15) is 0 Å². The maximum Gasteiger partial charge on any atom is 0.323 e. The highest BCUT2D eigenvalue weighted by Gasteiger charge is 2.07. The quantitative estimate of drug-likeness (QED) is 0.774. The molecule has 2 heterocycles. The molecule has 0 spiro atoms. The first-order chi connectivity index (χ1) is 10.2. The van der Waals surface area contributed by atoms with Gasteiger partial charge in [0.25, 0.3) is 0 Å². The molecule has 0 atom stereocenters. The van der Waals surface area contributed by atoms with Crippen LogP contribution in [0.25, 0.3) is 0 Å². The van der Waals surface area contributed by atoms with Gasteiger partial charge < -0.3 is 15.4 Å². The van der Waals surface area contributed by atoms with E-state index in [1.54, 1.807) is 0 Å². The number of ether oxygens (including phenoxy) is 1. The van der Waals surface area contributed by atoms with Crippen molar-refractivity contribution in [3.63, 3.8) is 0 Å². The van der Waals surface area contributed by atoms with Crippen molar-refractivity contribution in [2.75, 3.05) is 23.8 Å². The summed E-state index contributed by atoms with van der Waals surface area (Å²) >= 11 is 7.43.